The van der Waals surface area contributed by atoms with Crippen LogP contribution in [-0.4, -0.2) is 32.6 Å². The smallest absolute Gasteiger partial charge is 0.399 e. The van der Waals surface area contributed by atoms with Crippen molar-refractivity contribution in [1.82, 2.24) is 20.1 Å². The van der Waals surface area contributed by atoms with Crippen LogP contribution >= 0.6 is 11.8 Å². The van der Waals surface area contributed by atoms with Crippen LogP contribution in [0.1, 0.15) is 0 Å². The van der Waals surface area contributed by atoms with Crippen LogP contribution in [0.2, 0.25) is 0 Å². The molecular weight excluding hydrogens is 357 g/mol. The van der Waals surface area contributed by atoms with Gasteiger partial charge in [-0.15, -0.1) is 0 Å². The predicted molar refractivity (Wildman–Crippen MR) is 101 cm³/mol. The number of hydrogen-bond acceptors (Lipinski definition) is 6. The van der Waals surface area contributed by atoms with Crippen LogP contribution in [0, 0.1) is 5.82 Å². The molecule has 0 saturated heterocycles. The Bertz CT molecular complexity index is 1080. The fourth-order valence-corrected chi connectivity index (χ4v) is 2.39. The fourth-order valence-electron chi connectivity index (χ4n) is 2.39. The van der Waals surface area contributed by atoms with Crippen LogP contribution in [0.25, 0.3) is 33.7 Å². The van der Waals surface area contributed by atoms with Gasteiger partial charge >= 0.3 is 5.76 Å². The molecule has 134 valence electrons. The Morgan fingerprint density at radius 3 is 2.54 bits per heavy atom. The first-order valence-electron chi connectivity index (χ1n) is 7.53. The molecule has 4 aromatic rings. The maximum Gasteiger partial charge on any atom is 0.439 e. The van der Waals surface area contributed by atoms with Gasteiger partial charge in [0.2, 0.25) is 0 Å². The van der Waals surface area contributed by atoms with E-state index in [2.05, 4.69) is 24.6 Å². The molecule has 26 heavy (non-hydrogen) atoms. The van der Waals surface area contributed by atoms with Crippen molar-refractivity contribution in [3.63, 3.8) is 0 Å². The minimum atomic E-state index is -0.671. The first-order valence-corrected chi connectivity index (χ1v) is 9.16. The highest BCUT2D eigenvalue weighted by Gasteiger charge is 2.16. The molecule has 7 nitrogen and oxygen atoms in total. The molecule has 0 unspecified atom stereocenters. The molecule has 0 aliphatic heterocycles. The molecule has 3 heterocycles. The zero-order valence-corrected chi connectivity index (χ0v) is 14.9. The molecule has 0 radical (unpaired) electrons. The minimum absolute atomic E-state index is 0.184. The highest BCUT2D eigenvalue weighted by Crippen LogP contribution is 2.29. The fraction of sp³-hybridized carbons (Fsp3) is 0.118. The number of rotatable bonds is 2. The van der Waals surface area contributed by atoms with E-state index in [1.807, 2.05) is 12.5 Å². The topological polar surface area (TPSA) is 114 Å². The molecule has 0 amide bonds. The number of H-pyrrole nitrogens is 2. The Morgan fingerprint density at radius 1 is 1.23 bits per heavy atom. The van der Waals surface area contributed by atoms with E-state index < -0.39 is 11.6 Å². The summed E-state index contributed by atoms with van der Waals surface area (Å²) in [7, 11) is 0. The molecule has 0 aliphatic carbocycles. The van der Waals surface area contributed by atoms with Crippen molar-refractivity contribution in [3.8, 4) is 22.6 Å². The molecule has 0 saturated carbocycles. The Labute approximate surface area is 151 Å². The van der Waals surface area contributed by atoms with Crippen molar-refractivity contribution >= 4 is 28.5 Å². The van der Waals surface area contributed by atoms with Gasteiger partial charge in [0.1, 0.15) is 5.69 Å². The van der Waals surface area contributed by atoms with Crippen molar-refractivity contribution in [2.45, 2.75) is 0 Å². The second-order valence-electron chi connectivity index (χ2n) is 5.39. The Morgan fingerprint density at radius 2 is 1.92 bits per heavy atom. The van der Waals surface area contributed by atoms with Gasteiger partial charge in [-0.05, 0) is 24.6 Å². The van der Waals surface area contributed by atoms with Gasteiger partial charge in [0, 0.05) is 23.5 Å². The molecule has 0 atom stereocenters. The largest absolute Gasteiger partial charge is 0.439 e. The summed E-state index contributed by atoms with van der Waals surface area (Å²) < 4.78 is 18.8. The normalized spacial score (nSPS) is 10.6. The van der Waals surface area contributed by atoms with Gasteiger partial charge in [-0.2, -0.15) is 11.8 Å². The molecule has 0 fully saturated rings. The third kappa shape index (κ3) is 3.47. The van der Waals surface area contributed by atoms with Gasteiger partial charge in [0.15, 0.2) is 11.6 Å². The predicted octanol–water partition coefficient (Wildman–Crippen LogP) is 3.27. The quantitative estimate of drug-likeness (QED) is 0.465. The summed E-state index contributed by atoms with van der Waals surface area (Å²) in [6.45, 7) is 0. The van der Waals surface area contributed by atoms with Crippen LogP contribution in [0.5, 0.6) is 0 Å². The second kappa shape index (κ2) is 7.44. The average Bonchev–Trinajstić information content (AvgIpc) is 3.21. The van der Waals surface area contributed by atoms with Crippen LogP contribution < -0.4 is 11.5 Å². The van der Waals surface area contributed by atoms with Crippen molar-refractivity contribution < 1.29 is 8.91 Å². The van der Waals surface area contributed by atoms with Gasteiger partial charge < -0.3 is 10.7 Å². The summed E-state index contributed by atoms with van der Waals surface area (Å²) in [5, 5.41) is 3.63. The van der Waals surface area contributed by atoms with E-state index in [4.69, 9.17) is 5.73 Å². The van der Waals surface area contributed by atoms with E-state index >= 15 is 0 Å². The van der Waals surface area contributed by atoms with Crippen LogP contribution in [0.15, 0.2) is 45.8 Å². The summed E-state index contributed by atoms with van der Waals surface area (Å²) in [4.78, 5) is 20.8. The van der Waals surface area contributed by atoms with Crippen LogP contribution in [-0.2, 0) is 0 Å². The summed E-state index contributed by atoms with van der Waals surface area (Å²) in [6, 6.07) is 8.07. The first-order chi connectivity index (χ1) is 12.5. The van der Waals surface area contributed by atoms with Gasteiger partial charge in [-0.1, -0.05) is 17.3 Å². The third-order valence-corrected chi connectivity index (χ3v) is 3.48. The van der Waals surface area contributed by atoms with Crippen molar-refractivity contribution in [3.05, 3.63) is 52.9 Å². The molecule has 0 spiro atoms. The number of nitrogens with two attached hydrogens (primary N) is 1. The van der Waals surface area contributed by atoms with Crippen molar-refractivity contribution in [2.75, 3.05) is 18.2 Å². The lowest BCUT2D eigenvalue weighted by Crippen LogP contribution is -1.95. The van der Waals surface area contributed by atoms with Crippen LogP contribution in [0.3, 0.4) is 0 Å². The number of nitrogens with one attached hydrogen (secondary N) is 2. The number of hydrogen-bond donors (Lipinski definition) is 3. The zero-order chi connectivity index (χ0) is 18.7. The summed E-state index contributed by atoms with van der Waals surface area (Å²) in [5.74, 6) is -0.914. The zero-order valence-electron chi connectivity index (χ0n) is 14.0. The number of fused-ring (bicyclic) bond motifs is 1. The van der Waals surface area contributed by atoms with E-state index in [1.54, 1.807) is 42.2 Å². The monoisotopic (exact) mass is 373 g/mol. The summed E-state index contributed by atoms with van der Waals surface area (Å²) >= 11 is 1.75. The van der Waals surface area contributed by atoms with Crippen molar-refractivity contribution in [2.24, 2.45) is 0 Å². The molecule has 9 heteroatoms. The number of benzene rings is 1. The highest BCUT2D eigenvalue weighted by atomic mass is 32.2. The summed E-state index contributed by atoms with van der Waals surface area (Å²) in [6.07, 6.45) is 5.66. The summed E-state index contributed by atoms with van der Waals surface area (Å²) in [5.41, 5.74) is 8.49. The Kier molecular flexibility index (Phi) is 5.08. The number of aromatic amines is 2. The first kappa shape index (κ1) is 17.7. The maximum atomic E-state index is 14.3. The van der Waals surface area contributed by atoms with E-state index in [0.717, 1.165) is 0 Å². The van der Waals surface area contributed by atoms with E-state index in [-0.39, 0.29) is 11.5 Å². The van der Waals surface area contributed by atoms with Gasteiger partial charge in [-0.3, -0.25) is 9.51 Å². The van der Waals surface area contributed by atoms with Gasteiger partial charge in [0.25, 0.3) is 0 Å². The van der Waals surface area contributed by atoms with E-state index in [9.17, 15) is 9.18 Å². The van der Waals surface area contributed by atoms with E-state index in [1.165, 1.54) is 6.07 Å². The standard InChI is InChI=1S/C15H10FN5O2.C2H6S/c16-10-5-11-13(9(6-18-11)14-20-15(22)23-21-14)19-12(10)7-1-3-8(17)4-2-7;1-3-2/h1-6,18H,17H2,(H,20,21,22);1-2H3. The number of nitrogens with zero attached hydrogens (tertiary/aromatic N) is 2. The lowest BCUT2D eigenvalue weighted by Gasteiger charge is -2.04. The second-order valence-corrected chi connectivity index (χ2v) is 6.21. The molecule has 4 N–H and O–H groups in total. The molecule has 1 aromatic carbocycles. The number of halogens is 1. The number of thioether (sulfide) groups is 1. The Hall–Kier alpha value is -3.07. The molecule has 3 aromatic heterocycles. The van der Waals surface area contributed by atoms with Crippen LogP contribution in [0.4, 0.5) is 10.1 Å². The number of anilines is 1. The Balaban J connectivity index is 0.000000613. The number of aromatic nitrogens is 4. The lowest BCUT2D eigenvalue weighted by atomic mass is 10.1. The SMILES string of the molecule is CSC.Nc1ccc(-c2nc3c(-c4noc(=O)[nH]4)c[nH]c3cc2F)cc1. The average molecular weight is 373 g/mol. The van der Waals surface area contributed by atoms with E-state index in [0.29, 0.717) is 27.8 Å². The molecule has 4 rings (SSSR count). The molecular formula is C17H16FN5O2S. The minimum Gasteiger partial charge on any atom is -0.399 e. The number of pyridine rings is 1. The molecule has 0 bridgehead atoms. The maximum absolute atomic E-state index is 14.3. The third-order valence-electron chi connectivity index (χ3n) is 3.48. The van der Waals surface area contributed by atoms with Crippen molar-refractivity contribution in [1.29, 1.82) is 0 Å². The van der Waals surface area contributed by atoms with Gasteiger partial charge in [-0.25, -0.2) is 14.2 Å². The molecule has 0 aliphatic rings. The van der Waals surface area contributed by atoms with Gasteiger partial charge in [0.05, 0.1) is 16.6 Å². The number of nitrogen functional groups attached to an aromatic ring is 1. The lowest BCUT2D eigenvalue weighted by molar-refractivity contribution is 0.388. The highest BCUT2D eigenvalue weighted by molar-refractivity contribution is 7.97.